The van der Waals surface area contributed by atoms with Crippen molar-refractivity contribution < 1.29 is 4.92 Å². The molecule has 0 aromatic heterocycles. The Kier molecular flexibility index (Phi) is 7.99. The maximum absolute atomic E-state index is 11.6. The summed E-state index contributed by atoms with van der Waals surface area (Å²) < 4.78 is 0. The molecule has 2 aliphatic heterocycles. The molecular formula is C32H28N8O2S. The molecule has 11 heteroatoms. The SMILES string of the molecule is CN1c2ccccc2SC1C=C1CC(=NCCNc2ccc(N=[N+]=[N-])cc2[N+](=O)[O-])N(c2ccccc2)c2ccccc21. The van der Waals surface area contributed by atoms with Crippen LogP contribution in [0.1, 0.15) is 12.0 Å². The van der Waals surface area contributed by atoms with Crippen molar-refractivity contribution in [3.8, 4) is 0 Å². The quantitative estimate of drug-likeness (QED) is 0.0549. The molecule has 0 aliphatic carbocycles. The monoisotopic (exact) mass is 588 g/mol. The van der Waals surface area contributed by atoms with Crippen LogP contribution >= 0.6 is 11.8 Å². The number of fused-ring (bicyclic) bond motifs is 2. The number of thioether (sulfide) groups is 1. The third-order valence-electron chi connectivity index (χ3n) is 7.39. The lowest BCUT2D eigenvalue weighted by molar-refractivity contribution is -0.383. The Balaban J connectivity index is 1.31. The molecule has 0 amide bonds. The van der Waals surface area contributed by atoms with Gasteiger partial charge in [-0.3, -0.25) is 20.0 Å². The number of nitrogens with one attached hydrogen (secondary N) is 1. The third kappa shape index (κ3) is 5.76. The summed E-state index contributed by atoms with van der Waals surface area (Å²) >= 11 is 1.84. The molecule has 4 aromatic rings. The second-order valence-corrected chi connectivity index (χ2v) is 11.2. The fourth-order valence-corrected chi connectivity index (χ4v) is 6.64. The lowest BCUT2D eigenvalue weighted by Crippen LogP contribution is -2.32. The minimum Gasteiger partial charge on any atom is -0.378 e. The summed E-state index contributed by atoms with van der Waals surface area (Å²) in [5.41, 5.74) is 14.7. The number of rotatable bonds is 8. The number of amidine groups is 1. The van der Waals surface area contributed by atoms with Gasteiger partial charge in [0.05, 0.1) is 28.2 Å². The zero-order valence-electron chi connectivity index (χ0n) is 23.4. The first-order valence-corrected chi connectivity index (χ1v) is 14.7. The number of para-hydroxylation sites is 3. The Morgan fingerprint density at radius 3 is 2.56 bits per heavy atom. The number of anilines is 4. The first kappa shape index (κ1) is 27.9. The van der Waals surface area contributed by atoms with Crippen LogP contribution in [-0.4, -0.2) is 36.3 Å². The van der Waals surface area contributed by atoms with Crippen molar-refractivity contribution in [3.05, 3.63) is 129 Å². The number of benzene rings is 4. The Morgan fingerprint density at radius 1 is 1.05 bits per heavy atom. The zero-order valence-corrected chi connectivity index (χ0v) is 24.2. The standard InChI is InChI=1S/C32H28N8O2S/c1-38-28-13-7-8-14-30(28)43-32(38)20-22-19-31(39(24-9-3-2-4-10-24)27-12-6-5-11-25(22)27)35-18-17-34-26-16-15-23(36-37-33)21-29(26)40(41)42/h2-16,20-21,32,34H,17-19H2,1H3. The van der Waals surface area contributed by atoms with Gasteiger partial charge in [-0.1, -0.05) is 71.5 Å². The summed E-state index contributed by atoms with van der Waals surface area (Å²) in [5.74, 6) is 0.898. The van der Waals surface area contributed by atoms with E-state index in [-0.39, 0.29) is 16.7 Å². The van der Waals surface area contributed by atoms with Crippen LogP contribution in [0.15, 0.2) is 118 Å². The first-order chi connectivity index (χ1) is 21.0. The van der Waals surface area contributed by atoms with E-state index in [1.165, 1.54) is 27.8 Å². The third-order valence-corrected chi connectivity index (χ3v) is 8.68. The van der Waals surface area contributed by atoms with Crippen LogP contribution in [0.2, 0.25) is 0 Å². The first-order valence-electron chi connectivity index (χ1n) is 13.8. The van der Waals surface area contributed by atoms with Crippen LogP contribution in [0, 0.1) is 10.1 Å². The van der Waals surface area contributed by atoms with E-state index in [4.69, 9.17) is 10.5 Å². The highest BCUT2D eigenvalue weighted by atomic mass is 32.2. The summed E-state index contributed by atoms with van der Waals surface area (Å²) in [4.78, 5) is 24.7. The van der Waals surface area contributed by atoms with Gasteiger partial charge in [0, 0.05) is 52.8 Å². The smallest absolute Gasteiger partial charge is 0.292 e. The largest absolute Gasteiger partial charge is 0.378 e. The number of nitro groups is 1. The van der Waals surface area contributed by atoms with E-state index in [0.717, 1.165) is 17.2 Å². The molecular weight excluding hydrogens is 560 g/mol. The van der Waals surface area contributed by atoms with Crippen LogP contribution in [0.25, 0.3) is 16.0 Å². The molecule has 2 heterocycles. The molecule has 0 saturated heterocycles. The molecule has 0 saturated carbocycles. The maximum Gasteiger partial charge on any atom is 0.292 e. The topological polar surface area (TPSA) is 123 Å². The van der Waals surface area contributed by atoms with E-state index in [1.54, 1.807) is 12.1 Å². The average Bonchev–Trinajstić information content (AvgIpc) is 3.35. The minimum atomic E-state index is -0.493. The highest BCUT2D eigenvalue weighted by molar-refractivity contribution is 8.00. The van der Waals surface area contributed by atoms with Crippen LogP contribution in [0.3, 0.4) is 0 Å². The number of nitro benzene ring substituents is 1. The van der Waals surface area contributed by atoms with Crippen molar-refractivity contribution in [1.82, 2.24) is 0 Å². The molecule has 43 heavy (non-hydrogen) atoms. The maximum atomic E-state index is 11.6. The van der Waals surface area contributed by atoms with Crippen molar-refractivity contribution >= 4 is 57.3 Å². The van der Waals surface area contributed by atoms with Gasteiger partial charge in [-0.2, -0.15) is 0 Å². The molecule has 214 valence electrons. The number of aliphatic imine (C=N–C) groups is 1. The fraction of sp³-hybridized carbons (Fsp3) is 0.156. The second-order valence-electron chi connectivity index (χ2n) is 10.0. The van der Waals surface area contributed by atoms with Crippen molar-refractivity contribution in [2.24, 2.45) is 10.1 Å². The van der Waals surface area contributed by atoms with E-state index in [0.29, 0.717) is 25.2 Å². The summed E-state index contributed by atoms with van der Waals surface area (Å²) in [6, 6.07) is 31.4. The van der Waals surface area contributed by atoms with Crippen molar-refractivity contribution in [1.29, 1.82) is 0 Å². The van der Waals surface area contributed by atoms with Gasteiger partial charge in [-0.25, -0.2) is 0 Å². The van der Waals surface area contributed by atoms with Gasteiger partial charge in [0.25, 0.3) is 5.69 Å². The fourth-order valence-electron chi connectivity index (χ4n) is 5.39. The van der Waals surface area contributed by atoms with Crippen LogP contribution in [-0.2, 0) is 0 Å². The number of nitrogens with zero attached hydrogens (tertiary/aromatic N) is 7. The molecule has 0 radical (unpaired) electrons. The molecule has 0 fully saturated rings. The van der Waals surface area contributed by atoms with E-state index in [2.05, 4.69) is 92.9 Å². The highest BCUT2D eigenvalue weighted by Gasteiger charge is 2.30. The highest BCUT2D eigenvalue weighted by Crippen LogP contribution is 2.46. The van der Waals surface area contributed by atoms with Crippen molar-refractivity contribution in [3.63, 3.8) is 0 Å². The van der Waals surface area contributed by atoms with E-state index < -0.39 is 4.92 Å². The van der Waals surface area contributed by atoms with Crippen LogP contribution < -0.4 is 15.1 Å². The molecule has 2 aliphatic rings. The summed E-state index contributed by atoms with van der Waals surface area (Å²) in [7, 11) is 2.13. The Morgan fingerprint density at radius 2 is 1.79 bits per heavy atom. The lowest BCUT2D eigenvalue weighted by atomic mass is 9.93. The van der Waals surface area contributed by atoms with Gasteiger partial charge in [0.1, 0.15) is 11.5 Å². The molecule has 1 atom stereocenters. The molecule has 10 nitrogen and oxygen atoms in total. The predicted molar refractivity (Wildman–Crippen MR) is 175 cm³/mol. The molecule has 4 aromatic carbocycles. The van der Waals surface area contributed by atoms with Gasteiger partial charge in [0.15, 0.2) is 0 Å². The number of hydrogen-bond acceptors (Lipinski definition) is 7. The molecule has 6 rings (SSSR count). The Hall–Kier alpha value is -5.25. The van der Waals surface area contributed by atoms with E-state index >= 15 is 0 Å². The zero-order chi connectivity index (χ0) is 29.8. The summed E-state index contributed by atoms with van der Waals surface area (Å²) in [6.07, 6.45) is 2.97. The Labute approximate surface area is 253 Å². The van der Waals surface area contributed by atoms with Gasteiger partial charge < -0.3 is 10.2 Å². The van der Waals surface area contributed by atoms with Gasteiger partial charge >= 0.3 is 0 Å². The van der Waals surface area contributed by atoms with E-state index in [9.17, 15) is 10.1 Å². The van der Waals surface area contributed by atoms with Gasteiger partial charge in [-0.05, 0) is 53.6 Å². The van der Waals surface area contributed by atoms with Crippen LogP contribution in [0.5, 0.6) is 0 Å². The minimum absolute atomic E-state index is 0.153. The molecule has 0 bridgehead atoms. The summed E-state index contributed by atoms with van der Waals surface area (Å²) in [5, 5.41) is 18.4. The number of hydrogen-bond donors (Lipinski definition) is 1. The van der Waals surface area contributed by atoms with Gasteiger partial charge in [-0.15, -0.1) is 0 Å². The van der Waals surface area contributed by atoms with Gasteiger partial charge in [0.2, 0.25) is 0 Å². The number of azide groups is 1. The number of likely N-dealkylation sites (N-methyl/N-ethyl adjacent to an activating group) is 1. The second kappa shape index (κ2) is 12.3. The average molecular weight is 589 g/mol. The molecule has 0 spiro atoms. The molecule has 1 unspecified atom stereocenters. The normalized spacial score (nSPS) is 17.4. The Bertz CT molecular complexity index is 1790. The van der Waals surface area contributed by atoms with E-state index in [1.807, 2.05) is 36.0 Å². The van der Waals surface area contributed by atoms with Crippen molar-refractivity contribution in [2.45, 2.75) is 16.7 Å². The van der Waals surface area contributed by atoms with Crippen LogP contribution in [0.4, 0.5) is 34.1 Å². The predicted octanol–water partition coefficient (Wildman–Crippen LogP) is 8.54. The summed E-state index contributed by atoms with van der Waals surface area (Å²) in [6.45, 7) is 0.776. The van der Waals surface area contributed by atoms with Crippen molar-refractivity contribution in [2.75, 3.05) is 35.3 Å². The lowest BCUT2D eigenvalue weighted by Gasteiger charge is -2.34. The molecule has 1 N–H and O–H groups in total.